The van der Waals surface area contributed by atoms with Gasteiger partial charge in [0.2, 0.25) is 15.9 Å². The quantitative estimate of drug-likeness (QED) is 0.413. The van der Waals surface area contributed by atoms with Crippen LogP contribution in [-0.4, -0.2) is 45.4 Å². The first-order chi connectivity index (χ1) is 16.3. The second kappa shape index (κ2) is 11.9. The van der Waals surface area contributed by atoms with Crippen molar-refractivity contribution in [2.24, 2.45) is 0 Å². The summed E-state index contributed by atoms with van der Waals surface area (Å²) in [6.07, 6.45) is 0.445. The van der Waals surface area contributed by atoms with Crippen molar-refractivity contribution in [3.05, 3.63) is 83.4 Å². The van der Waals surface area contributed by atoms with E-state index in [4.69, 9.17) is 21.1 Å². The monoisotopic (exact) mass is 502 g/mol. The van der Waals surface area contributed by atoms with E-state index in [9.17, 15) is 13.2 Å². The average Bonchev–Trinajstić information content (AvgIpc) is 2.83. The Morgan fingerprint density at radius 2 is 1.74 bits per heavy atom. The van der Waals surface area contributed by atoms with Crippen LogP contribution in [0.1, 0.15) is 12.5 Å². The Hall–Kier alpha value is -3.07. The summed E-state index contributed by atoms with van der Waals surface area (Å²) in [5.41, 5.74) is 1.50. The number of anilines is 1. The summed E-state index contributed by atoms with van der Waals surface area (Å²) >= 11 is 6.16. The number of nitrogens with one attached hydrogen (secondary N) is 1. The standard InChI is InChI=1S/C25H27ClN2O5S/c1-3-33-21-11-9-20(10-12-21)27-25(29)18-28(16-15-19-7-5-4-6-8-19)34(30,31)22-13-14-24(32-2)23(26)17-22/h4-14,17H,3,15-16,18H2,1-2H3,(H,27,29). The molecule has 180 valence electrons. The van der Waals surface area contributed by atoms with Crippen LogP contribution in [0.3, 0.4) is 0 Å². The van der Waals surface area contributed by atoms with Crippen molar-refractivity contribution in [2.75, 3.05) is 32.1 Å². The molecule has 1 N–H and O–H groups in total. The van der Waals surface area contributed by atoms with Gasteiger partial charge in [0, 0.05) is 12.2 Å². The fourth-order valence-electron chi connectivity index (χ4n) is 3.30. The number of ether oxygens (including phenoxy) is 2. The number of amides is 1. The van der Waals surface area contributed by atoms with Crippen LogP contribution in [-0.2, 0) is 21.2 Å². The summed E-state index contributed by atoms with van der Waals surface area (Å²) in [7, 11) is -2.56. The number of rotatable bonds is 11. The number of carbonyl (C=O) groups is 1. The van der Waals surface area contributed by atoms with E-state index >= 15 is 0 Å². The van der Waals surface area contributed by atoms with E-state index in [-0.39, 0.29) is 23.0 Å². The van der Waals surface area contributed by atoms with Gasteiger partial charge >= 0.3 is 0 Å². The van der Waals surface area contributed by atoms with Gasteiger partial charge in [-0.15, -0.1) is 0 Å². The van der Waals surface area contributed by atoms with E-state index in [2.05, 4.69) is 5.32 Å². The molecule has 0 heterocycles. The Bertz CT molecular complexity index is 1200. The van der Waals surface area contributed by atoms with Gasteiger partial charge in [-0.1, -0.05) is 41.9 Å². The normalized spacial score (nSPS) is 11.3. The van der Waals surface area contributed by atoms with Crippen molar-refractivity contribution in [1.29, 1.82) is 0 Å². The lowest BCUT2D eigenvalue weighted by Crippen LogP contribution is -2.39. The van der Waals surface area contributed by atoms with Crippen molar-refractivity contribution in [1.82, 2.24) is 4.31 Å². The number of hydrogen-bond donors (Lipinski definition) is 1. The van der Waals surface area contributed by atoms with E-state index in [1.165, 1.54) is 25.3 Å². The lowest BCUT2D eigenvalue weighted by Gasteiger charge is -2.22. The highest BCUT2D eigenvalue weighted by Crippen LogP contribution is 2.28. The van der Waals surface area contributed by atoms with Gasteiger partial charge in [0.25, 0.3) is 0 Å². The highest BCUT2D eigenvalue weighted by molar-refractivity contribution is 7.89. The molecule has 34 heavy (non-hydrogen) atoms. The van der Waals surface area contributed by atoms with Crippen LogP contribution < -0.4 is 14.8 Å². The van der Waals surface area contributed by atoms with Gasteiger partial charge in [-0.2, -0.15) is 4.31 Å². The summed E-state index contributed by atoms with van der Waals surface area (Å²) in [6.45, 7) is 2.18. The maximum absolute atomic E-state index is 13.4. The largest absolute Gasteiger partial charge is 0.495 e. The number of sulfonamides is 1. The Morgan fingerprint density at radius 1 is 1.03 bits per heavy atom. The molecule has 7 nitrogen and oxygen atoms in total. The summed E-state index contributed by atoms with van der Waals surface area (Å²) in [4.78, 5) is 12.8. The lowest BCUT2D eigenvalue weighted by atomic mass is 10.1. The minimum Gasteiger partial charge on any atom is -0.495 e. The molecule has 3 aromatic carbocycles. The van der Waals surface area contributed by atoms with Gasteiger partial charge in [0.1, 0.15) is 11.5 Å². The zero-order chi connectivity index (χ0) is 24.6. The molecule has 0 aliphatic carbocycles. The predicted octanol–water partition coefficient (Wildman–Crippen LogP) is 4.62. The predicted molar refractivity (Wildman–Crippen MR) is 133 cm³/mol. The number of hydrogen-bond acceptors (Lipinski definition) is 5. The maximum Gasteiger partial charge on any atom is 0.243 e. The molecule has 3 aromatic rings. The summed E-state index contributed by atoms with van der Waals surface area (Å²) in [5.74, 6) is 0.592. The zero-order valence-corrected chi connectivity index (χ0v) is 20.6. The molecule has 0 saturated heterocycles. The number of carbonyl (C=O) groups excluding carboxylic acids is 1. The Kier molecular flexibility index (Phi) is 8.92. The second-order valence-electron chi connectivity index (χ2n) is 7.38. The van der Waals surface area contributed by atoms with Crippen molar-refractivity contribution < 1.29 is 22.7 Å². The number of methoxy groups -OCH3 is 1. The molecule has 0 fully saturated rings. The van der Waals surface area contributed by atoms with Gasteiger partial charge < -0.3 is 14.8 Å². The van der Waals surface area contributed by atoms with Crippen molar-refractivity contribution in [3.63, 3.8) is 0 Å². The molecule has 0 atom stereocenters. The third-order valence-corrected chi connectivity index (χ3v) is 7.16. The van der Waals surface area contributed by atoms with Crippen LogP contribution in [0.25, 0.3) is 0 Å². The molecule has 3 rings (SSSR count). The molecule has 0 aliphatic rings. The number of halogens is 1. The van der Waals surface area contributed by atoms with E-state index in [0.717, 1.165) is 9.87 Å². The maximum atomic E-state index is 13.4. The first-order valence-electron chi connectivity index (χ1n) is 10.7. The molecule has 0 saturated carbocycles. The van der Waals surface area contributed by atoms with Gasteiger partial charge in [0.05, 0.1) is 30.2 Å². The topological polar surface area (TPSA) is 84.9 Å². The van der Waals surface area contributed by atoms with Crippen LogP contribution in [0.4, 0.5) is 5.69 Å². The molecule has 0 aliphatic heterocycles. The molecule has 9 heteroatoms. The van der Waals surface area contributed by atoms with Gasteiger partial charge in [-0.25, -0.2) is 8.42 Å². The van der Waals surface area contributed by atoms with Crippen LogP contribution in [0.2, 0.25) is 5.02 Å². The Balaban J connectivity index is 1.80. The number of benzene rings is 3. The summed E-state index contributed by atoms with van der Waals surface area (Å²) < 4.78 is 38.6. The first-order valence-corrected chi connectivity index (χ1v) is 12.6. The first kappa shape index (κ1) is 25.6. The van der Waals surface area contributed by atoms with Crippen molar-refractivity contribution in [2.45, 2.75) is 18.2 Å². The van der Waals surface area contributed by atoms with Gasteiger partial charge in [-0.05, 0) is 61.4 Å². The molecule has 0 spiro atoms. The third-order valence-electron chi connectivity index (χ3n) is 5.02. The van der Waals surface area contributed by atoms with Crippen LogP contribution in [0.5, 0.6) is 11.5 Å². The van der Waals surface area contributed by atoms with E-state index < -0.39 is 15.9 Å². The molecular formula is C25H27ClN2O5S. The second-order valence-corrected chi connectivity index (χ2v) is 9.72. The molecular weight excluding hydrogens is 476 g/mol. The zero-order valence-electron chi connectivity index (χ0n) is 19.0. The fourth-order valence-corrected chi connectivity index (χ4v) is 5.05. The van der Waals surface area contributed by atoms with Crippen molar-refractivity contribution in [3.8, 4) is 11.5 Å². The van der Waals surface area contributed by atoms with Gasteiger partial charge in [0.15, 0.2) is 0 Å². The molecule has 0 aromatic heterocycles. The van der Waals surface area contributed by atoms with Crippen LogP contribution in [0.15, 0.2) is 77.7 Å². The summed E-state index contributed by atoms with van der Waals surface area (Å²) in [6, 6.07) is 20.6. The molecule has 0 unspecified atom stereocenters. The van der Waals surface area contributed by atoms with Crippen molar-refractivity contribution >= 4 is 33.2 Å². The minimum atomic E-state index is -4.01. The smallest absolute Gasteiger partial charge is 0.243 e. The SMILES string of the molecule is CCOc1ccc(NC(=O)CN(CCc2ccccc2)S(=O)(=O)c2ccc(OC)c(Cl)c2)cc1. The third kappa shape index (κ3) is 6.72. The minimum absolute atomic E-state index is 0.0137. The van der Waals surface area contributed by atoms with Crippen LogP contribution in [0, 0.1) is 0 Å². The van der Waals surface area contributed by atoms with Gasteiger partial charge in [-0.3, -0.25) is 4.79 Å². The number of nitrogens with zero attached hydrogens (tertiary/aromatic N) is 1. The van der Waals surface area contributed by atoms with E-state index in [1.807, 2.05) is 37.3 Å². The lowest BCUT2D eigenvalue weighted by molar-refractivity contribution is -0.116. The Labute approximate surface area is 205 Å². The molecule has 0 radical (unpaired) electrons. The highest BCUT2D eigenvalue weighted by atomic mass is 35.5. The molecule has 1 amide bonds. The van der Waals surface area contributed by atoms with E-state index in [1.54, 1.807) is 24.3 Å². The summed E-state index contributed by atoms with van der Waals surface area (Å²) in [5, 5.41) is 2.92. The molecule has 0 bridgehead atoms. The van der Waals surface area contributed by atoms with Crippen LogP contribution >= 0.6 is 11.6 Å². The average molecular weight is 503 g/mol. The fraction of sp³-hybridized carbons (Fsp3) is 0.240. The highest BCUT2D eigenvalue weighted by Gasteiger charge is 2.27. The van der Waals surface area contributed by atoms with E-state index in [0.29, 0.717) is 30.2 Å². The Morgan fingerprint density at radius 3 is 2.35 bits per heavy atom.